The third-order valence-corrected chi connectivity index (χ3v) is 7.33. The summed E-state index contributed by atoms with van der Waals surface area (Å²) >= 11 is 2.93. The molecule has 3 heterocycles. The van der Waals surface area contributed by atoms with Gasteiger partial charge in [-0.2, -0.15) is 0 Å². The van der Waals surface area contributed by atoms with Crippen LogP contribution in [-0.2, 0) is 0 Å². The molecule has 0 saturated carbocycles. The first-order valence-corrected chi connectivity index (χ1v) is 11.3. The van der Waals surface area contributed by atoms with Crippen LogP contribution < -0.4 is 9.47 Å². The van der Waals surface area contributed by atoms with Gasteiger partial charge in [0.15, 0.2) is 5.00 Å². The van der Waals surface area contributed by atoms with Gasteiger partial charge in [0.1, 0.15) is 16.5 Å². The Morgan fingerprint density at radius 1 is 1.03 bits per heavy atom. The fourth-order valence-corrected chi connectivity index (χ4v) is 5.57. The summed E-state index contributed by atoms with van der Waals surface area (Å²) in [6, 6.07) is 13.7. The molecule has 0 radical (unpaired) electrons. The van der Waals surface area contributed by atoms with Crippen molar-refractivity contribution in [3.8, 4) is 38.3 Å². The number of imidazole rings is 1. The molecule has 0 unspecified atom stereocenters. The number of ether oxygens (including phenoxy) is 2. The Bertz CT molecular complexity index is 1430. The van der Waals surface area contributed by atoms with Crippen LogP contribution >= 0.6 is 22.7 Å². The van der Waals surface area contributed by atoms with Gasteiger partial charge in [-0.3, -0.25) is 4.57 Å². The highest BCUT2D eigenvalue weighted by molar-refractivity contribution is 7.22. The van der Waals surface area contributed by atoms with Crippen molar-refractivity contribution in [2.75, 3.05) is 14.2 Å². The van der Waals surface area contributed by atoms with Crippen molar-refractivity contribution >= 4 is 37.9 Å². The summed E-state index contributed by atoms with van der Waals surface area (Å²) in [6.07, 6.45) is 3.54. The molecule has 0 N–H and O–H groups in total. The maximum absolute atomic E-state index is 10.8. The Morgan fingerprint density at radius 2 is 1.84 bits per heavy atom. The number of benzene rings is 2. The Labute approximate surface area is 191 Å². The van der Waals surface area contributed by atoms with Crippen molar-refractivity contribution in [3.05, 3.63) is 65.5 Å². The first kappa shape index (κ1) is 20.3. The molecule has 5 aromatic rings. The summed E-state index contributed by atoms with van der Waals surface area (Å²) in [5.41, 5.74) is 4.69. The molecule has 0 aliphatic heterocycles. The average Bonchev–Trinajstić information content (AvgIpc) is 3.57. The molecular weight excluding hydrogens is 444 g/mol. The number of nitrogens with zero attached hydrogens (tertiary/aromatic N) is 4. The smallest absolute Gasteiger partial charge is 0.161 e. The molecular formula is C23H18N4O3S2. The molecule has 32 heavy (non-hydrogen) atoms. The number of nitroso groups, excluding NO2 is 1. The zero-order valence-electron chi connectivity index (χ0n) is 17.5. The van der Waals surface area contributed by atoms with Crippen molar-refractivity contribution < 1.29 is 9.47 Å². The first-order valence-electron chi connectivity index (χ1n) is 9.71. The van der Waals surface area contributed by atoms with Crippen LogP contribution in [0.25, 0.3) is 37.0 Å². The molecule has 0 amide bonds. The van der Waals surface area contributed by atoms with Crippen molar-refractivity contribution in [2.24, 2.45) is 5.18 Å². The second kappa shape index (κ2) is 8.18. The lowest BCUT2D eigenvalue weighted by molar-refractivity contribution is 0.393. The van der Waals surface area contributed by atoms with Gasteiger partial charge in [-0.25, -0.2) is 9.97 Å². The Hall–Kier alpha value is -3.56. The normalized spacial score (nSPS) is 11.1. The van der Waals surface area contributed by atoms with E-state index < -0.39 is 0 Å². The van der Waals surface area contributed by atoms with Crippen molar-refractivity contribution in [3.63, 3.8) is 0 Å². The Balaban J connectivity index is 1.52. The van der Waals surface area contributed by atoms with Gasteiger partial charge in [-0.15, -0.1) is 27.6 Å². The monoisotopic (exact) mass is 462 g/mol. The van der Waals surface area contributed by atoms with Gasteiger partial charge in [-0.1, -0.05) is 0 Å². The van der Waals surface area contributed by atoms with E-state index in [1.165, 1.54) is 11.3 Å². The van der Waals surface area contributed by atoms with Crippen molar-refractivity contribution in [1.29, 1.82) is 0 Å². The topological polar surface area (TPSA) is 78.6 Å². The minimum atomic E-state index is 0.446. The molecule has 0 aliphatic rings. The predicted octanol–water partition coefficient (Wildman–Crippen LogP) is 6.60. The number of rotatable bonds is 6. The van der Waals surface area contributed by atoms with Crippen molar-refractivity contribution in [1.82, 2.24) is 14.5 Å². The molecule has 7 nitrogen and oxygen atoms in total. The number of thiazole rings is 1. The molecule has 3 aromatic heterocycles. The zero-order chi connectivity index (χ0) is 22.2. The van der Waals surface area contributed by atoms with Gasteiger partial charge in [0.25, 0.3) is 0 Å². The van der Waals surface area contributed by atoms with E-state index in [0.717, 1.165) is 54.1 Å². The zero-order valence-corrected chi connectivity index (χ0v) is 19.2. The summed E-state index contributed by atoms with van der Waals surface area (Å²) in [4.78, 5) is 20.8. The second-order valence-electron chi connectivity index (χ2n) is 7.03. The molecule has 0 aliphatic carbocycles. The van der Waals surface area contributed by atoms with Crippen LogP contribution in [0.15, 0.2) is 60.2 Å². The first-order chi connectivity index (χ1) is 15.6. The van der Waals surface area contributed by atoms with E-state index in [0.29, 0.717) is 5.00 Å². The molecule has 0 saturated heterocycles. The standard InChI is InChI=1S/C23H18N4O3S2/c1-13-18(29-2)10-16-22(21(13)30-3)32-23(25-16)14-4-6-15(7-5-14)27-12-24-11-17(27)19-8-9-20(26-28)31-19/h4-12H,1-3H3. The minimum Gasteiger partial charge on any atom is -0.496 e. The largest absolute Gasteiger partial charge is 0.496 e. The summed E-state index contributed by atoms with van der Waals surface area (Å²) in [5, 5.41) is 4.36. The fraction of sp³-hybridized carbons (Fsp3) is 0.130. The van der Waals surface area contributed by atoms with E-state index >= 15 is 0 Å². The second-order valence-corrected chi connectivity index (χ2v) is 9.09. The molecule has 0 bridgehead atoms. The number of fused-ring (bicyclic) bond motifs is 1. The molecule has 5 rings (SSSR count). The van der Waals surface area contributed by atoms with Gasteiger partial charge in [-0.05, 0) is 48.5 Å². The molecule has 0 fully saturated rings. The average molecular weight is 463 g/mol. The van der Waals surface area contributed by atoms with Gasteiger partial charge >= 0.3 is 0 Å². The molecule has 0 atom stereocenters. The summed E-state index contributed by atoms with van der Waals surface area (Å²) in [5.74, 6) is 1.55. The molecule has 160 valence electrons. The van der Waals surface area contributed by atoms with Crippen LogP contribution in [0.4, 0.5) is 5.00 Å². The lowest BCUT2D eigenvalue weighted by atomic mass is 10.2. The van der Waals surface area contributed by atoms with Crippen molar-refractivity contribution in [2.45, 2.75) is 6.92 Å². The summed E-state index contributed by atoms with van der Waals surface area (Å²) < 4.78 is 14.1. The number of thiophene rings is 1. The minimum absolute atomic E-state index is 0.446. The lowest BCUT2D eigenvalue weighted by Gasteiger charge is -2.09. The maximum atomic E-state index is 10.8. The van der Waals surface area contributed by atoms with E-state index in [1.807, 2.05) is 47.9 Å². The maximum Gasteiger partial charge on any atom is 0.161 e. The molecule has 9 heteroatoms. The van der Waals surface area contributed by atoms with E-state index in [-0.39, 0.29) is 0 Å². The van der Waals surface area contributed by atoms with E-state index in [2.05, 4.69) is 10.2 Å². The van der Waals surface area contributed by atoms with Gasteiger partial charge in [0, 0.05) is 22.9 Å². The number of aromatic nitrogens is 3. The molecule has 2 aromatic carbocycles. The van der Waals surface area contributed by atoms with Gasteiger partial charge in [0.2, 0.25) is 0 Å². The van der Waals surface area contributed by atoms with Crippen LogP contribution in [0.2, 0.25) is 0 Å². The third-order valence-electron chi connectivity index (χ3n) is 5.23. The highest BCUT2D eigenvalue weighted by Gasteiger charge is 2.17. The summed E-state index contributed by atoms with van der Waals surface area (Å²) in [6.45, 7) is 1.98. The van der Waals surface area contributed by atoms with Gasteiger partial charge < -0.3 is 9.47 Å². The number of hydrogen-bond acceptors (Lipinski definition) is 8. The SMILES string of the molecule is COc1cc2nc(-c3ccc(-n4cncc4-c4ccc(N=O)s4)cc3)sc2c(OC)c1C. The Kier molecular flexibility index (Phi) is 5.20. The van der Waals surface area contributed by atoms with Crippen LogP contribution in [-0.4, -0.2) is 28.8 Å². The molecule has 0 spiro atoms. The fourth-order valence-electron chi connectivity index (χ4n) is 3.65. The highest BCUT2D eigenvalue weighted by Crippen LogP contribution is 2.42. The highest BCUT2D eigenvalue weighted by atomic mass is 32.1. The van der Waals surface area contributed by atoms with Crippen LogP contribution in [0, 0.1) is 11.8 Å². The van der Waals surface area contributed by atoms with E-state index in [4.69, 9.17) is 14.5 Å². The lowest BCUT2D eigenvalue weighted by Crippen LogP contribution is -1.93. The third kappa shape index (κ3) is 3.35. The van der Waals surface area contributed by atoms with Gasteiger partial charge in [0.05, 0.1) is 47.5 Å². The quantitative estimate of drug-likeness (QED) is 0.266. The Morgan fingerprint density at radius 3 is 2.53 bits per heavy atom. The summed E-state index contributed by atoms with van der Waals surface area (Å²) in [7, 11) is 3.32. The van der Waals surface area contributed by atoms with E-state index in [1.54, 1.807) is 44.1 Å². The van der Waals surface area contributed by atoms with E-state index in [9.17, 15) is 4.91 Å². The van der Waals surface area contributed by atoms with Crippen LogP contribution in [0.3, 0.4) is 0 Å². The number of methoxy groups -OCH3 is 2. The van der Waals surface area contributed by atoms with Crippen LogP contribution in [0.1, 0.15) is 5.56 Å². The predicted molar refractivity (Wildman–Crippen MR) is 129 cm³/mol. The van der Waals surface area contributed by atoms with Crippen LogP contribution in [0.5, 0.6) is 11.5 Å². The number of hydrogen-bond donors (Lipinski definition) is 0.